The van der Waals surface area contributed by atoms with Crippen molar-refractivity contribution in [2.75, 3.05) is 0 Å². The van der Waals surface area contributed by atoms with Crippen molar-refractivity contribution >= 4 is 49.2 Å². The van der Waals surface area contributed by atoms with Gasteiger partial charge in [-0.15, -0.1) is 0 Å². The number of benzene rings is 2. The number of hydrogen-bond donors (Lipinski definition) is 0. The lowest BCUT2D eigenvalue weighted by Crippen LogP contribution is -1.86. The van der Waals surface area contributed by atoms with E-state index in [2.05, 4.69) is 25.9 Å². The number of nitrogens with zero attached hydrogens (tertiary/aromatic N) is 2. The standard InChI is InChI=1S/C12H6BrClN2/c13-12-15-6-8-5-4-7-2-1-3-9(14)10(7)11(8)16-12/h1-6H. The first-order valence-electron chi connectivity index (χ1n) is 4.75. The first-order chi connectivity index (χ1) is 7.75. The predicted octanol–water partition coefficient (Wildman–Crippen LogP) is 4.20. The molecule has 0 saturated carbocycles. The first-order valence-corrected chi connectivity index (χ1v) is 5.92. The fourth-order valence-corrected chi connectivity index (χ4v) is 2.35. The topological polar surface area (TPSA) is 25.8 Å². The van der Waals surface area contributed by atoms with Gasteiger partial charge >= 0.3 is 0 Å². The van der Waals surface area contributed by atoms with Gasteiger partial charge in [-0.25, -0.2) is 9.97 Å². The van der Waals surface area contributed by atoms with E-state index in [1.54, 1.807) is 6.20 Å². The maximum atomic E-state index is 6.21. The van der Waals surface area contributed by atoms with Crippen molar-refractivity contribution in [2.45, 2.75) is 0 Å². The fourth-order valence-electron chi connectivity index (χ4n) is 1.80. The Labute approximate surface area is 105 Å². The van der Waals surface area contributed by atoms with Crippen LogP contribution in [0.3, 0.4) is 0 Å². The molecule has 1 aromatic heterocycles. The smallest absolute Gasteiger partial charge is 0.197 e. The molecule has 0 spiro atoms. The zero-order valence-electron chi connectivity index (χ0n) is 8.11. The van der Waals surface area contributed by atoms with E-state index in [1.165, 1.54) is 0 Å². The highest BCUT2D eigenvalue weighted by molar-refractivity contribution is 9.10. The second-order valence-electron chi connectivity index (χ2n) is 3.48. The van der Waals surface area contributed by atoms with Gasteiger partial charge in [-0.05, 0) is 27.4 Å². The van der Waals surface area contributed by atoms with Crippen LogP contribution in [0.5, 0.6) is 0 Å². The number of halogens is 2. The number of aromatic nitrogens is 2. The second-order valence-corrected chi connectivity index (χ2v) is 4.60. The Morgan fingerprint density at radius 2 is 1.88 bits per heavy atom. The summed E-state index contributed by atoms with van der Waals surface area (Å²) in [6, 6.07) is 9.87. The molecule has 2 aromatic carbocycles. The van der Waals surface area contributed by atoms with Crippen LogP contribution in [0.15, 0.2) is 41.3 Å². The third-order valence-corrected chi connectivity index (χ3v) is 3.21. The van der Waals surface area contributed by atoms with E-state index in [9.17, 15) is 0 Å². The Morgan fingerprint density at radius 3 is 2.75 bits per heavy atom. The molecule has 0 saturated heterocycles. The molecule has 4 heteroatoms. The Kier molecular flexibility index (Phi) is 2.30. The highest BCUT2D eigenvalue weighted by atomic mass is 79.9. The summed E-state index contributed by atoms with van der Waals surface area (Å²) in [5.74, 6) is 0. The zero-order valence-corrected chi connectivity index (χ0v) is 10.5. The van der Waals surface area contributed by atoms with Crippen molar-refractivity contribution < 1.29 is 0 Å². The quantitative estimate of drug-likeness (QED) is 0.458. The van der Waals surface area contributed by atoms with E-state index in [4.69, 9.17) is 11.6 Å². The summed E-state index contributed by atoms with van der Waals surface area (Å²) in [5, 5.41) is 3.77. The summed E-state index contributed by atoms with van der Waals surface area (Å²) in [4.78, 5) is 8.49. The third-order valence-electron chi connectivity index (χ3n) is 2.51. The molecule has 3 aromatic rings. The van der Waals surface area contributed by atoms with E-state index in [-0.39, 0.29) is 0 Å². The third kappa shape index (κ3) is 1.47. The largest absolute Gasteiger partial charge is 0.230 e. The minimum atomic E-state index is 0.576. The Morgan fingerprint density at radius 1 is 1.06 bits per heavy atom. The summed E-state index contributed by atoms with van der Waals surface area (Å²) >= 11 is 9.49. The van der Waals surface area contributed by atoms with E-state index >= 15 is 0 Å². The molecule has 0 aliphatic rings. The van der Waals surface area contributed by atoms with Gasteiger partial charge in [0.1, 0.15) is 0 Å². The maximum Gasteiger partial charge on any atom is 0.197 e. The molecule has 0 aliphatic heterocycles. The van der Waals surface area contributed by atoms with Gasteiger partial charge in [0.15, 0.2) is 4.73 Å². The minimum absolute atomic E-state index is 0.576. The molecule has 3 rings (SSSR count). The van der Waals surface area contributed by atoms with Crippen molar-refractivity contribution in [3.63, 3.8) is 0 Å². The van der Waals surface area contributed by atoms with Crippen LogP contribution < -0.4 is 0 Å². The van der Waals surface area contributed by atoms with Gasteiger partial charge in [0.25, 0.3) is 0 Å². The lowest BCUT2D eigenvalue weighted by molar-refractivity contribution is 1.16. The van der Waals surface area contributed by atoms with Gasteiger partial charge in [-0.3, -0.25) is 0 Å². The van der Waals surface area contributed by atoms with Crippen LogP contribution >= 0.6 is 27.5 Å². The molecule has 0 bridgehead atoms. The molecule has 78 valence electrons. The fraction of sp³-hybridized carbons (Fsp3) is 0. The Bertz CT molecular complexity index is 697. The molecule has 0 aliphatic carbocycles. The molecule has 2 nitrogen and oxygen atoms in total. The van der Waals surface area contributed by atoms with Crippen molar-refractivity contribution in [3.8, 4) is 0 Å². The van der Waals surface area contributed by atoms with E-state index < -0.39 is 0 Å². The van der Waals surface area contributed by atoms with Gasteiger partial charge in [0.05, 0.1) is 10.5 Å². The van der Waals surface area contributed by atoms with Crippen molar-refractivity contribution in [1.29, 1.82) is 0 Å². The zero-order chi connectivity index (χ0) is 11.1. The molecule has 0 amide bonds. The molecule has 1 heterocycles. The number of hydrogen-bond acceptors (Lipinski definition) is 2. The Balaban J connectivity index is 2.61. The van der Waals surface area contributed by atoms with Gasteiger partial charge in [0.2, 0.25) is 0 Å². The maximum absolute atomic E-state index is 6.21. The van der Waals surface area contributed by atoms with E-state index in [1.807, 2.05) is 30.3 Å². The van der Waals surface area contributed by atoms with Crippen molar-refractivity contribution in [3.05, 3.63) is 46.3 Å². The van der Waals surface area contributed by atoms with Gasteiger partial charge < -0.3 is 0 Å². The van der Waals surface area contributed by atoms with Crippen molar-refractivity contribution in [2.24, 2.45) is 0 Å². The van der Waals surface area contributed by atoms with Crippen LogP contribution in [0, 0.1) is 0 Å². The lowest BCUT2D eigenvalue weighted by Gasteiger charge is -2.04. The van der Waals surface area contributed by atoms with Crippen LogP contribution in [-0.2, 0) is 0 Å². The average Bonchev–Trinajstić information content (AvgIpc) is 2.28. The second kappa shape index (κ2) is 3.68. The molecular weight excluding hydrogens is 288 g/mol. The minimum Gasteiger partial charge on any atom is -0.230 e. The summed E-state index contributed by atoms with van der Waals surface area (Å²) < 4.78 is 0.576. The van der Waals surface area contributed by atoms with Crippen LogP contribution in [-0.4, -0.2) is 9.97 Å². The van der Waals surface area contributed by atoms with Crippen LogP contribution in [0.25, 0.3) is 21.7 Å². The summed E-state index contributed by atoms with van der Waals surface area (Å²) in [5.41, 5.74) is 0.880. The summed E-state index contributed by atoms with van der Waals surface area (Å²) in [6.07, 6.45) is 1.79. The molecule has 0 unspecified atom stereocenters. The molecular formula is C12H6BrClN2. The van der Waals surface area contributed by atoms with E-state index in [0.717, 1.165) is 21.7 Å². The van der Waals surface area contributed by atoms with Crippen LogP contribution in [0.1, 0.15) is 0 Å². The van der Waals surface area contributed by atoms with Gasteiger partial charge in [0, 0.05) is 17.0 Å². The van der Waals surface area contributed by atoms with Crippen LogP contribution in [0.4, 0.5) is 0 Å². The number of fused-ring (bicyclic) bond motifs is 3. The first kappa shape index (κ1) is 10.00. The predicted molar refractivity (Wildman–Crippen MR) is 69.8 cm³/mol. The molecule has 0 radical (unpaired) electrons. The van der Waals surface area contributed by atoms with E-state index in [0.29, 0.717) is 9.76 Å². The molecule has 0 atom stereocenters. The highest BCUT2D eigenvalue weighted by Crippen LogP contribution is 2.30. The van der Waals surface area contributed by atoms with Gasteiger partial charge in [-0.2, -0.15) is 0 Å². The summed E-state index contributed by atoms with van der Waals surface area (Å²) in [7, 11) is 0. The molecule has 0 fully saturated rings. The van der Waals surface area contributed by atoms with Crippen molar-refractivity contribution in [1.82, 2.24) is 9.97 Å². The number of rotatable bonds is 0. The normalized spacial score (nSPS) is 11.1. The highest BCUT2D eigenvalue weighted by Gasteiger charge is 2.06. The average molecular weight is 294 g/mol. The SMILES string of the molecule is Clc1cccc2ccc3cnc(Br)nc3c12. The monoisotopic (exact) mass is 292 g/mol. The summed E-state index contributed by atoms with van der Waals surface area (Å²) in [6.45, 7) is 0. The molecule has 16 heavy (non-hydrogen) atoms. The van der Waals surface area contributed by atoms with Crippen LogP contribution in [0.2, 0.25) is 5.02 Å². The Hall–Kier alpha value is -1.19. The molecule has 0 N–H and O–H groups in total. The van der Waals surface area contributed by atoms with Gasteiger partial charge in [-0.1, -0.05) is 35.9 Å². The lowest BCUT2D eigenvalue weighted by atomic mass is 10.1.